The van der Waals surface area contributed by atoms with Gasteiger partial charge in [0.1, 0.15) is 0 Å². The summed E-state index contributed by atoms with van der Waals surface area (Å²) in [5.74, 6) is -0.861. The first-order valence-electron chi connectivity index (χ1n) is 9.30. The van der Waals surface area contributed by atoms with E-state index < -0.39 is 5.97 Å². The minimum absolute atomic E-state index is 0.100. The van der Waals surface area contributed by atoms with Crippen LogP contribution in [0, 0.1) is 0 Å². The minimum Gasteiger partial charge on any atom is -0.478 e. The average molecular weight is 353 g/mol. The summed E-state index contributed by atoms with van der Waals surface area (Å²) in [6.45, 7) is 1.34. The molecule has 136 valence electrons. The maximum atomic E-state index is 12.8. The molecule has 2 aromatic rings. The van der Waals surface area contributed by atoms with Crippen LogP contribution in [0.15, 0.2) is 30.6 Å². The van der Waals surface area contributed by atoms with E-state index in [4.69, 9.17) is 5.11 Å². The van der Waals surface area contributed by atoms with E-state index in [2.05, 4.69) is 17.2 Å². The molecule has 1 N–H and O–H groups in total. The first-order valence-corrected chi connectivity index (χ1v) is 9.30. The maximum Gasteiger partial charge on any atom is 0.338 e. The zero-order chi connectivity index (χ0) is 18.1. The maximum absolute atomic E-state index is 12.8. The van der Waals surface area contributed by atoms with Gasteiger partial charge in [0.05, 0.1) is 17.8 Å². The predicted molar refractivity (Wildman–Crippen MR) is 96.4 cm³/mol. The lowest BCUT2D eigenvalue weighted by atomic mass is 9.90. The quantitative estimate of drug-likeness (QED) is 0.920. The summed E-state index contributed by atoms with van der Waals surface area (Å²) in [6, 6.07) is 6.31. The summed E-state index contributed by atoms with van der Waals surface area (Å²) in [5.41, 5.74) is 3.71. The number of carbonyl (C=O) groups is 2. The van der Waals surface area contributed by atoms with Crippen molar-refractivity contribution < 1.29 is 14.7 Å². The van der Waals surface area contributed by atoms with Crippen LogP contribution in [0.4, 0.5) is 0 Å². The smallest absolute Gasteiger partial charge is 0.338 e. The molecule has 1 fully saturated rings. The number of aryl methyl sites for hydroxylation is 2. The number of carboxylic acids is 1. The van der Waals surface area contributed by atoms with Crippen LogP contribution in [0.25, 0.3) is 0 Å². The summed E-state index contributed by atoms with van der Waals surface area (Å²) >= 11 is 0. The number of nitrogens with zero attached hydrogens (tertiary/aromatic N) is 3. The molecule has 1 aliphatic carbocycles. The van der Waals surface area contributed by atoms with Gasteiger partial charge in [-0.3, -0.25) is 9.48 Å². The van der Waals surface area contributed by atoms with E-state index in [1.807, 2.05) is 11.0 Å². The summed E-state index contributed by atoms with van der Waals surface area (Å²) in [4.78, 5) is 25.7. The van der Waals surface area contributed by atoms with E-state index in [1.165, 1.54) is 30.2 Å². The number of likely N-dealkylation sites (tertiary alicyclic amines) is 1. The van der Waals surface area contributed by atoms with Crippen molar-refractivity contribution >= 4 is 11.9 Å². The highest BCUT2D eigenvalue weighted by Gasteiger charge is 2.26. The van der Waals surface area contributed by atoms with Gasteiger partial charge >= 0.3 is 5.97 Å². The van der Waals surface area contributed by atoms with Crippen molar-refractivity contribution in [1.29, 1.82) is 0 Å². The van der Waals surface area contributed by atoms with Crippen molar-refractivity contribution in [2.24, 2.45) is 0 Å². The largest absolute Gasteiger partial charge is 0.478 e. The molecule has 0 radical (unpaired) electrons. The lowest BCUT2D eigenvalue weighted by Crippen LogP contribution is -2.39. The molecule has 26 heavy (non-hydrogen) atoms. The number of hydrogen-bond acceptors (Lipinski definition) is 3. The van der Waals surface area contributed by atoms with Crippen molar-refractivity contribution in [2.75, 3.05) is 13.1 Å². The Morgan fingerprint density at radius 2 is 1.77 bits per heavy atom. The Morgan fingerprint density at radius 3 is 2.46 bits per heavy atom. The fraction of sp³-hybridized carbons (Fsp3) is 0.450. The molecule has 0 spiro atoms. The van der Waals surface area contributed by atoms with Crippen LogP contribution < -0.4 is 0 Å². The van der Waals surface area contributed by atoms with Gasteiger partial charge in [0.15, 0.2) is 0 Å². The molecule has 4 rings (SSSR count). The van der Waals surface area contributed by atoms with Gasteiger partial charge in [0.2, 0.25) is 0 Å². The Morgan fingerprint density at radius 1 is 1.04 bits per heavy atom. The summed E-state index contributed by atoms with van der Waals surface area (Å²) in [7, 11) is 0. The van der Waals surface area contributed by atoms with Gasteiger partial charge in [-0.05, 0) is 61.8 Å². The van der Waals surface area contributed by atoms with Crippen LogP contribution in [0.5, 0.6) is 0 Å². The van der Waals surface area contributed by atoms with Crippen LogP contribution in [0.1, 0.15) is 63.6 Å². The van der Waals surface area contributed by atoms with Crippen molar-refractivity contribution in [3.8, 4) is 0 Å². The van der Waals surface area contributed by atoms with Crippen LogP contribution in [0.3, 0.4) is 0 Å². The monoisotopic (exact) mass is 353 g/mol. The van der Waals surface area contributed by atoms with Crippen LogP contribution in [0.2, 0.25) is 0 Å². The molecule has 1 aromatic heterocycles. The predicted octanol–water partition coefficient (Wildman–Crippen LogP) is 2.94. The van der Waals surface area contributed by atoms with Gasteiger partial charge in [-0.15, -0.1) is 0 Å². The first-order chi connectivity index (χ1) is 12.6. The molecule has 1 aromatic carbocycles. The van der Waals surface area contributed by atoms with Crippen molar-refractivity contribution in [3.63, 3.8) is 0 Å². The molecule has 0 atom stereocenters. The lowest BCUT2D eigenvalue weighted by molar-refractivity contribution is 0.0688. The molecule has 0 unspecified atom stereocenters. The van der Waals surface area contributed by atoms with Crippen molar-refractivity contribution in [3.05, 3.63) is 52.8 Å². The third-order valence-electron chi connectivity index (χ3n) is 5.57. The van der Waals surface area contributed by atoms with E-state index >= 15 is 0 Å². The molecular weight excluding hydrogens is 330 g/mol. The average Bonchev–Trinajstić information content (AvgIpc) is 3.18. The highest BCUT2D eigenvalue weighted by molar-refractivity contribution is 5.94. The number of fused-ring (bicyclic) bond motifs is 1. The SMILES string of the molecule is O=C(O)c1cnn(C2CCN(C(=O)c3ccc4c(c3)CCCC4)CC2)c1. The Labute approximate surface area is 152 Å². The third-order valence-corrected chi connectivity index (χ3v) is 5.57. The molecule has 1 aliphatic heterocycles. The number of aromatic carboxylic acids is 1. The van der Waals surface area contributed by atoms with E-state index in [0.717, 1.165) is 31.2 Å². The number of amides is 1. The molecular formula is C20H23N3O3. The number of aromatic nitrogens is 2. The fourth-order valence-corrected chi connectivity index (χ4v) is 4.03. The third kappa shape index (κ3) is 3.23. The molecule has 2 heterocycles. The van der Waals surface area contributed by atoms with Crippen molar-refractivity contribution in [1.82, 2.24) is 14.7 Å². The number of benzene rings is 1. The highest BCUT2D eigenvalue weighted by atomic mass is 16.4. The highest BCUT2D eigenvalue weighted by Crippen LogP contribution is 2.26. The Balaban J connectivity index is 1.41. The van der Waals surface area contributed by atoms with Crippen LogP contribution in [-0.4, -0.2) is 44.8 Å². The second-order valence-corrected chi connectivity index (χ2v) is 7.23. The number of hydrogen-bond donors (Lipinski definition) is 1. The Kier molecular flexibility index (Phi) is 4.49. The number of rotatable bonds is 3. The summed E-state index contributed by atoms with van der Waals surface area (Å²) < 4.78 is 1.73. The zero-order valence-electron chi connectivity index (χ0n) is 14.7. The Bertz CT molecular complexity index is 835. The normalized spacial score (nSPS) is 17.8. The molecule has 2 aliphatic rings. The van der Waals surface area contributed by atoms with Crippen LogP contribution >= 0.6 is 0 Å². The molecule has 0 bridgehead atoms. The number of piperidine rings is 1. The fourth-order valence-electron chi connectivity index (χ4n) is 4.03. The summed E-state index contributed by atoms with van der Waals surface area (Å²) in [5, 5.41) is 13.2. The van der Waals surface area contributed by atoms with Gasteiger partial charge in [0.25, 0.3) is 5.91 Å². The molecule has 6 nitrogen and oxygen atoms in total. The summed E-state index contributed by atoms with van der Waals surface area (Å²) in [6.07, 6.45) is 9.18. The van der Waals surface area contributed by atoms with Gasteiger partial charge < -0.3 is 10.0 Å². The lowest BCUT2D eigenvalue weighted by Gasteiger charge is -2.32. The van der Waals surface area contributed by atoms with Gasteiger partial charge in [-0.1, -0.05) is 6.07 Å². The second-order valence-electron chi connectivity index (χ2n) is 7.23. The molecule has 0 saturated carbocycles. The topological polar surface area (TPSA) is 75.4 Å². The van der Waals surface area contributed by atoms with E-state index in [1.54, 1.807) is 10.9 Å². The van der Waals surface area contributed by atoms with Gasteiger partial charge in [0, 0.05) is 24.8 Å². The Hall–Kier alpha value is -2.63. The van der Waals surface area contributed by atoms with Gasteiger partial charge in [-0.2, -0.15) is 5.10 Å². The van der Waals surface area contributed by atoms with E-state index in [0.29, 0.717) is 13.1 Å². The van der Waals surface area contributed by atoms with Gasteiger partial charge in [-0.25, -0.2) is 4.79 Å². The van der Waals surface area contributed by atoms with E-state index in [9.17, 15) is 9.59 Å². The zero-order valence-corrected chi connectivity index (χ0v) is 14.7. The second kappa shape index (κ2) is 6.94. The molecule has 1 saturated heterocycles. The van der Waals surface area contributed by atoms with Crippen LogP contribution in [-0.2, 0) is 12.8 Å². The molecule has 6 heteroatoms. The number of carbonyl (C=O) groups excluding carboxylic acids is 1. The standard InChI is InChI=1S/C20H23N3O3/c24-19(16-6-5-14-3-1-2-4-15(14)11-16)22-9-7-18(8-10-22)23-13-17(12-21-23)20(25)26/h5-6,11-13,18H,1-4,7-10H2,(H,25,26). The van der Waals surface area contributed by atoms with Crippen molar-refractivity contribution in [2.45, 2.75) is 44.6 Å². The number of carboxylic acid groups (broad SMARTS) is 1. The minimum atomic E-state index is -0.962. The first kappa shape index (κ1) is 16.8. The molecule has 1 amide bonds. The van der Waals surface area contributed by atoms with E-state index in [-0.39, 0.29) is 17.5 Å².